The minimum absolute atomic E-state index is 0.192. The van der Waals surface area contributed by atoms with Crippen LogP contribution in [0.25, 0.3) is 5.52 Å². The molecular formula is C31H43N6O8P. The van der Waals surface area contributed by atoms with E-state index in [4.69, 9.17) is 38.5 Å². The zero-order chi connectivity index (χ0) is 32.7. The zero-order valence-electron chi connectivity index (χ0n) is 26.8. The summed E-state index contributed by atoms with van der Waals surface area (Å²) < 4.78 is 59.0. The van der Waals surface area contributed by atoms with Crippen molar-refractivity contribution in [3.8, 4) is 5.75 Å². The largest absolute Gasteiger partial charge is 0.459 e. The molecular weight excluding hydrogens is 615 g/mol. The highest BCUT2D eigenvalue weighted by molar-refractivity contribution is 7.52. The van der Waals surface area contributed by atoms with E-state index in [0.29, 0.717) is 35.3 Å². The van der Waals surface area contributed by atoms with Crippen LogP contribution >= 0.6 is 7.75 Å². The van der Waals surface area contributed by atoms with Crippen LogP contribution in [0.4, 0.5) is 5.82 Å². The lowest BCUT2D eigenvalue weighted by Crippen LogP contribution is -2.40. The number of fused-ring (bicyclic) bond motifs is 2. The van der Waals surface area contributed by atoms with Crippen LogP contribution < -0.4 is 15.3 Å². The van der Waals surface area contributed by atoms with Gasteiger partial charge in [-0.1, -0.05) is 44.9 Å². The number of para-hydroxylation sites is 1. The van der Waals surface area contributed by atoms with Gasteiger partial charge in [-0.15, -0.1) is 0 Å². The molecule has 250 valence electrons. The summed E-state index contributed by atoms with van der Waals surface area (Å²) in [7, 11) is -4.01. The van der Waals surface area contributed by atoms with Crippen LogP contribution in [0.3, 0.4) is 0 Å². The first-order valence-electron chi connectivity index (χ1n) is 15.7. The van der Waals surface area contributed by atoms with Gasteiger partial charge in [0.1, 0.15) is 47.7 Å². The molecule has 3 aliphatic heterocycles. The second-order valence-electron chi connectivity index (χ2n) is 12.3. The van der Waals surface area contributed by atoms with Crippen LogP contribution in [0, 0.1) is 5.92 Å². The van der Waals surface area contributed by atoms with Crippen molar-refractivity contribution in [2.24, 2.45) is 10.9 Å². The summed E-state index contributed by atoms with van der Waals surface area (Å²) >= 11 is 0. The standard InChI is InChI=1S/C31H43N6O8P/c1-7-20(8-2)16-39-29-25(41-29)19(3)36-46(38,45-21-12-10-9-11-13-21)40-17-23-26-27(44-30(4,5)43-26)31(33-6,42-23)24-15-14-22-28(32)34-18-35-37(22)24/h9-15,18-20,23,25-27,29H,6-8,16-17H2,1-5H3,(H,36,38)(H2,32,34,35)/t19-,23+,25?,26+,27+,29?,31-,46-/m0/s1. The number of benzene rings is 1. The van der Waals surface area contributed by atoms with E-state index in [2.05, 4.69) is 40.7 Å². The molecule has 15 heteroatoms. The maximum atomic E-state index is 14.4. The van der Waals surface area contributed by atoms with Crippen molar-refractivity contribution in [3.05, 3.63) is 54.5 Å². The number of epoxide rings is 1. The monoisotopic (exact) mass is 658 g/mol. The van der Waals surface area contributed by atoms with Gasteiger partial charge in [-0.25, -0.2) is 19.2 Å². The number of hydrogen-bond acceptors (Lipinski definition) is 12. The van der Waals surface area contributed by atoms with Gasteiger partial charge in [0.15, 0.2) is 17.9 Å². The Morgan fingerprint density at radius 1 is 1.15 bits per heavy atom. The van der Waals surface area contributed by atoms with Crippen LogP contribution in [0.2, 0.25) is 0 Å². The van der Waals surface area contributed by atoms with Crippen molar-refractivity contribution < 1.29 is 37.3 Å². The van der Waals surface area contributed by atoms with Gasteiger partial charge in [-0.2, -0.15) is 5.10 Å². The summed E-state index contributed by atoms with van der Waals surface area (Å²) in [5.41, 5.74) is 5.74. The fourth-order valence-corrected chi connectivity index (χ4v) is 7.62. The molecule has 6 rings (SSSR count). The van der Waals surface area contributed by atoms with Crippen LogP contribution in [-0.2, 0) is 38.5 Å². The van der Waals surface area contributed by atoms with E-state index in [1.54, 1.807) is 54.8 Å². The van der Waals surface area contributed by atoms with Gasteiger partial charge in [0.05, 0.1) is 13.2 Å². The summed E-state index contributed by atoms with van der Waals surface area (Å²) in [5.74, 6) is 0.145. The third-order valence-corrected chi connectivity index (χ3v) is 10.3. The molecule has 0 spiro atoms. The number of rotatable bonds is 15. The maximum Gasteiger partial charge on any atom is 0.459 e. The zero-order valence-corrected chi connectivity index (χ0v) is 27.7. The Labute approximate surface area is 268 Å². The molecule has 3 fully saturated rings. The fraction of sp³-hybridized carbons (Fsp3) is 0.581. The maximum absolute atomic E-state index is 14.4. The predicted octanol–water partition coefficient (Wildman–Crippen LogP) is 4.44. The second kappa shape index (κ2) is 12.9. The van der Waals surface area contributed by atoms with Gasteiger partial charge in [0.2, 0.25) is 5.72 Å². The van der Waals surface area contributed by atoms with E-state index in [9.17, 15) is 4.57 Å². The second-order valence-corrected chi connectivity index (χ2v) is 14.0. The predicted molar refractivity (Wildman–Crippen MR) is 169 cm³/mol. The molecule has 0 radical (unpaired) electrons. The molecule has 0 saturated carbocycles. The number of nitrogens with two attached hydrogens (primary N) is 1. The topological polar surface area (TPSA) is 166 Å². The minimum atomic E-state index is -4.01. The number of anilines is 1. The van der Waals surface area contributed by atoms with Gasteiger partial charge in [0, 0.05) is 6.04 Å². The van der Waals surface area contributed by atoms with Crippen molar-refractivity contribution in [1.82, 2.24) is 19.7 Å². The first-order chi connectivity index (χ1) is 22.0. The minimum Gasteiger partial charge on any atom is -0.413 e. The van der Waals surface area contributed by atoms with Crippen LogP contribution in [-0.4, -0.2) is 77.1 Å². The lowest BCUT2D eigenvalue weighted by Gasteiger charge is -2.31. The molecule has 3 aliphatic rings. The number of nitrogen functional groups attached to an aromatic ring is 1. The normalized spacial score (nSPS) is 30.3. The average Bonchev–Trinajstić information content (AvgIpc) is 3.42. The SMILES string of the molecule is C=N[C@@]1(c2ccc3c(N)ncnn23)O[C@H](CO[P@@](=O)(N[C@@H](C)C2OC2OCC(CC)CC)Oc2ccccc2)[C@H]2OC(C)(C)O[C@H]21. The summed E-state index contributed by atoms with van der Waals surface area (Å²) in [5, 5.41) is 7.42. The summed E-state index contributed by atoms with van der Waals surface area (Å²) in [6.45, 7) is 14.0. The molecule has 0 amide bonds. The molecule has 2 unspecified atom stereocenters. The van der Waals surface area contributed by atoms with E-state index in [0.717, 1.165) is 12.8 Å². The quantitative estimate of drug-likeness (QED) is 0.134. The van der Waals surface area contributed by atoms with E-state index in [1.165, 1.54) is 6.33 Å². The first kappa shape index (κ1) is 33.0. The first-order valence-corrected chi connectivity index (χ1v) is 17.2. The summed E-state index contributed by atoms with van der Waals surface area (Å²) in [4.78, 5) is 8.52. The molecule has 3 saturated heterocycles. The highest BCUT2D eigenvalue weighted by atomic mass is 31.2. The lowest BCUT2D eigenvalue weighted by molar-refractivity contribution is -0.213. The molecule has 0 bridgehead atoms. The Kier molecular flexibility index (Phi) is 9.27. The van der Waals surface area contributed by atoms with Crippen molar-refractivity contribution in [1.29, 1.82) is 0 Å². The van der Waals surface area contributed by atoms with Gasteiger partial charge >= 0.3 is 7.75 Å². The average molecular weight is 659 g/mol. The van der Waals surface area contributed by atoms with Crippen LogP contribution in [0.5, 0.6) is 5.75 Å². The van der Waals surface area contributed by atoms with Crippen LogP contribution in [0.15, 0.2) is 53.8 Å². The number of nitrogens with zero attached hydrogens (tertiary/aromatic N) is 4. The molecule has 2 aromatic heterocycles. The smallest absolute Gasteiger partial charge is 0.413 e. The molecule has 14 nitrogen and oxygen atoms in total. The molecule has 46 heavy (non-hydrogen) atoms. The van der Waals surface area contributed by atoms with Crippen molar-refractivity contribution in [2.75, 3.05) is 18.9 Å². The Bertz CT molecular complexity index is 1570. The van der Waals surface area contributed by atoms with E-state index >= 15 is 0 Å². The van der Waals surface area contributed by atoms with Gasteiger partial charge in [0.25, 0.3) is 0 Å². The Morgan fingerprint density at radius 2 is 1.91 bits per heavy atom. The molecule has 0 aliphatic carbocycles. The third kappa shape index (κ3) is 6.45. The van der Waals surface area contributed by atoms with Crippen molar-refractivity contribution >= 4 is 25.8 Å². The molecule has 8 atom stereocenters. The molecule has 3 aromatic rings. The van der Waals surface area contributed by atoms with Gasteiger partial charge in [-0.3, -0.25) is 9.52 Å². The highest BCUT2D eigenvalue weighted by Crippen LogP contribution is 2.52. The number of nitrogens with one attached hydrogen (secondary N) is 1. The highest BCUT2D eigenvalue weighted by Gasteiger charge is 2.65. The van der Waals surface area contributed by atoms with E-state index in [-0.39, 0.29) is 12.7 Å². The Balaban J connectivity index is 1.22. The Morgan fingerprint density at radius 3 is 2.63 bits per heavy atom. The van der Waals surface area contributed by atoms with E-state index < -0.39 is 49.9 Å². The van der Waals surface area contributed by atoms with Crippen molar-refractivity contribution in [2.45, 2.75) is 95.7 Å². The Hall–Kier alpha value is -2.94. The molecule has 3 N–H and O–H groups in total. The number of aliphatic imine (C=N–C) groups is 1. The van der Waals surface area contributed by atoms with Crippen LogP contribution in [0.1, 0.15) is 53.2 Å². The van der Waals surface area contributed by atoms with Gasteiger partial charge in [-0.05, 0) is 57.7 Å². The number of ether oxygens (including phenoxy) is 5. The van der Waals surface area contributed by atoms with Gasteiger partial charge < -0.3 is 33.9 Å². The fourth-order valence-electron chi connectivity index (χ4n) is 6.05. The summed E-state index contributed by atoms with van der Waals surface area (Å²) in [6, 6.07) is 12.0. The van der Waals surface area contributed by atoms with Crippen molar-refractivity contribution in [3.63, 3.8) is 0 Å². The summed E-state index contributed by atoms with van der Waals surface area (Å²) in [6.07, 6.45) is 0.489. The third-order valence-electron chi connectivity index (χ3n) is 8.66. The number of hydrogen-bond donors (Lipinski definition) is 2. The molecule has 1 aromatic carbocycles. The van der Waals surface area contributed by atoms with E-state index in [1.807, 2.05) is 13.0 Å². The molecule has 5 heterocycles. The lowest BCUT2D eigenvalue weighted by atomic mass is 10.0. The number of aromatic nitrogens is 3.